The monoisotopic (exact) mass is 564 g/mol. The Morgan fingerprint density at radius 1 is 1.08 bits per heavy atom. The largest absolute Gasteiger partial charge is 0.460 e. The minimum atomic E-state index is -4.57. The van der Waals surface area contributed by atoms with Crippen molar-refractivity contribution in [2.75, 3.05) is 5.75 Å². The zero-order valence-corrected chi connectivity index (χ0v) is 22.1. The summed E-state index contributed by atoms with van der Waals surface area (Å²) >= 11 is 5.80. The molecule has 6 nitrogen and oxygen atoms in total. The first kappa shape index (κ1) is 27.7. The average Bonchev–Trinajstić information content (AvgIpc) is 3.24. The number of benzene rings is 2. The Morgan fingerprint density at radius 3 is 2.47 bits per heavy atom. The van der Waals surface area contributed by atoms with Gasteiger partial charge in [-0.05, 0) is 48.4 Å². The Kier molecular flexibility index (Phi) is 7.85. The smallest absolute Gasteiger partial charge is 0.416 e. The van der Waals surface area contributed by atoms with Crippen molar-refractivity contribution in [3.05, 3.63) is 93.5 Å². The normalized spacial score (nSPS) is 12.2. The number of furan rings is 1. The topological polar surface area (TPSA) is 89.3 Å². The Labute approximate surface area is 222 Å². The van der Waals surface area contributed by atoms with Gasteiger partial charge in [0.1, 0.15) is 11.3 Å². The van der Waals surface area contributed by atoms with Crippen LogP contribution in [0.5, 0.6) is 0 Å². The van der Waals surface area contributed by atoms with Crippen LogP contribution in [-0.4, -0.2) is 25.1 Å². The van der Waals surface area contributed by atoms with Crippen molar-refractivity contribution < 1.29 is 30.8 Å². The van der Waals surface area contributed by atoms with Gasteiger partial charge in [0.25, 0.3) is 5.91 Å². The van der Waals surface area contributed by atoms with Gasteiger partial charge in [0.05, 0.1) is 28.5 Å². The Morgan fingerprint density at radius 2 is 1.84 bits per heavy atom. The van der Waals surface area contributed by atoms with Crippen LogP contribution in [0, 0.1) is 0 Å². The van der Waals surface area contributed by atoms with E-state index in [4.69, 9.17) is 16.0 Å². The van der Waals surface area contributed by atoms with Gasteiger partial charge < -0.3 is 9.73 Å². The molecule has 2 aromatic heterocycles. The molecule has 0 aliphatic carbocycles. The molecule has 200 valence electrons. The van der Waals surface area contributed by atoms with E-state index < -0.39 is 27.5 Å². The standard InChI is InChI=1S/C27H24ClF3N2O4S/c1-3-21-22-10-6-17(26(34)33-14-19-8-9-20(15-32-19)38(35,36)4-2)12-25(22)37-24(21)11-16-5-7-18(28)13-23(16)27(29,30)31/h5-10,12-13,15H,3-4,11,14H2,1-2H3,(H,33,34). The van der Waals surface area contributed by atoms with Gasteiger partial charge in [0.2, 0.25) is 0 Å². The minimum absolute atomic E-state index is 0.00538. The number of alkyl halides is 3. The average molecular weight is 565 g/mol. The molecule has 0 radical (unpaired) electrons. The summed E-state index contributed by atoms with van der Waals surface area (Å²) in [7, 11) is -3.37. The van der Waals surface area contributed by atoms with Crippen LogP contribution in [0.2, 0.25) is 5.02 Å². The molecule has 0 unspecified atom stereocenters. The van der Waals surface area contributed by atoms with E-state index in [0.29, 0.717) is 29.0 Å². The van der Waals surface area contributed by atoms with Gasteiger partial charge >= 0.3 is 6.18 Å². The van der Waals surface area contributed by atoms with Crippen LogP contribution in [0.1, 0.15) is 52.3 Å². The maximum Gasteiger partial charge on any atom is 0.416 e. The van der Waals surface area contributed by atoms with Crippen LogP contribution in [0.4, 0.5) is 13.2 Å². The van der Waals surface area contributed by atoms with Crippen molar-refractivity contribution in [3.63, 3.8) is 0 Å². The van der Waals surface area contributed by atoms with E-state index in [1.807, 2.05) is 6.92 Å². The van der Waals surface area contributed by atoms with Crippen molar-refractivity contribution >= 4 is 38.3 Å². The van der Waals surface area contributed by atoms with Crippen LogP contribution < -0.4 is 5.32 Å². The summed E-state index contributed by atoms with van der Waals surface area (Å²) in [5, 5.41) is 3.44. The van der Waals surface area contributed by atoms with Crippen LogP contribution >= 0.6 is 11.6 Å². The summed E-state index contributed by atoms with van der Waals surface area (Å²) in [5.74, 6) is -0.0591. The van der Waals surface area contributed by atoms with E-state index in [1.165, 1.54) is 30.5 Å². The van der Waals surface area contributed by atoms with E-state index in [0.717, 1.165) is 17.0 Å². The molecular formula is C27H24ClF3N2O4S. The van der Waals surface area contributed by atoms with Crippen molar-refractivity contribution in [3.8, 4) is 0 Å². The second-order valence-corrected chi connectivity index (χ2v) is 11.3. The lowest BCUT2D eigenvalue weighted by Crippen LogP contribution is -2.23. The maximum atomic E-state index is 13.6. The van der Waals surface area contributed by atoms with E-state index in [1.54, 1.807) is 25.1 Å². The summed E-state index contributed by atoms with van der Waals surface area (Å²) in [6, 6.07) is 11.5. The number of nitrogens with zero attached hydrogens (tertiary/aromatic N) is 1. The number of rotatable bonds is 8. The summed E-state index contributed by atoms with van der Waals surface area (Å²) in [5.41, 5.74) is 1.15. The predicted molar refractivity (Wildman–Crippen MR) is 138 cm³/mol. The van der Waals surface area contributed by atoms with E-state index in [-0.39, 0.29) is 34.2 Å². The highest BCUT2D eigenvalue weighted by Crippen LogP contribution is 2.36. The van der Waals surface area contributed by atoms with E-state index in [9.17, 15) is 26.4 Å². The molecule has 0 spiro atoms. The van der Waals surface area contributed by atoms with Gasteiger partial charge in [-0.25, -0.2) is 8.42 Å². The molecule has 1 N–H and O–H groups in total. The SMILES string of the molecule is CCc1c(Cc2ccc(Cl)cc2C(F)(F)F)oc2cc(C(=O)NCc3ccc(S(=O)(=O)CC)cn3)ccc12. The van der Waals surface area contributed by atoms with Gasteiger partial charge in [-0.3, -0.25) is 9.78 Å². The number of hydrogen-bond donors (Lipinski definition) is 1. The molecule has 2 aromatic carbocycles. The first-order valence-electron chi connectivity index (χ1n) is 11.8. The highest BCUT2D eigenvalue weighted by Gasteiger charge is 2.34. The molecule has 1 amide bonds. The molecular weight excluding hydrogens is 541 g/mol. The lowest BCUT2D eigenvalue weighted by Gasteiger charge is -2.13. The minimum Gasteiger partial charge on any atom is -0.460 e. The molecule has 0 atom stereocenters. The molecule has 4 rings (SSSR count). The highest BCUT2D eigenvalue weighted by molar-refractivity contribution is 7.91. The molecule has 38 heavy (non-hydrogen) atoms. The van der Waals surface area contributed by atoms with Gasteiger partial charge in [-0.1, -0.05) is 37.6 Å². The van der Waals surface area contributed by atoms with E-state index >= 15 is 0 Å². The first-order chi connectivity index (χ1) is 17.9. The second kappa shape index (κ2) is 10.8. The number of amides is 1. The third-order valence-corrected chi connectivity index (χ3v) is 8.14. The number of nitrogens with one attached hydrogen (secondary N) is 1. The number of aryl methyl sites for hydroxylation is 1. The van der Waals surface area contributed by atoms with Crippen LogP contribution in [0.15, 0.2) is 64.0 Å². The van der Waals surface area contributed by atoms with Gasteiger partial charge in [0.15, 0.2) is 9.84 Å². The summed E-state index contributed by atoms with van der Waals surface area (Å²) in [6.45, 7) is 3.50. The molecule has 0 bridgehead atoms. The van der Waals surface area contributed by atoms with Gasteiger partial charge in [-0.2, -0.15) is 13.2 Å². The molecule has 0 aliphatic heterocycles. The summed E-state index contributed by atoms with van der Waals surface area (Å²) < 4.78 is 70.5. The third kappa shape index (κ3) is 5.86. The van der Waals surface area contributed by atoms with Gasteiger partial charge in [0, 0.05) is 34.2 Å². The van der Waals surface area contributed by atoms with Crippen molar-refractivity contribution in [1.29, 1.82) is 0 Å². The number of carbonyl (C=O) groups is 1. The number of aromatic nitrogens is 1. The lowest BCUT2D eigenvalue weighted by molar-refractivity contribution is -0.138. The first-order valence-corrected chi connectivity index (χ1v) is 13.8. The van der Waals surface area contributed by atoms with Crippen molar-refractivity contribution in [1.82, 2.24) is 10.3 Å². The molecule has 4 aromatic rings. The summed E-state index contributed by atoms with van der Waals surface area (Å²) in [6.07, 6.45) is -2.86. The number of hydrogen-bond acceptors (Lipinski definition) is 5. The Bertz CT molecular complexity index is 1600. The third-order valence-electron chi connectivity index (χ3n) is 6.19. The fraction of sp³-hybridized carbons (Fsp3) is 0.259. The number of carbonyl (C=O) groups excluding carboxylic acids is 1. The number of halogens is 4. The molecule has 0 saturated carbocycles. The van der Waals surface area contributed by atoms with Crippen LogP contribution in [-0.2, 0) is 35.4 Å². The molecule has 11 heteroatoms. The predicted octanol–water partition coefficient (Wildman–Crippen LogP) is 6.38. The number of sulfone groups is 1. The summed E-state index contributed by atoms with van der Waals surface area (Å²) in [4.78, 5) is 17.0. The Balaban J connectivity index is 1.55. The second-order valence-electron chi connectivity index (χ2n) is 8.62. The van der Waals surface area contributed by atoms with Gasteiger partial charge in [-0.15, -0.1) is 0 Å². The number of fused-ring (bicyclic) bond motifs is 1. The zero-order chi connectivity index (χ0) is 27.7. The van der Waals surface area contributed by atoms with Crippen LogP contribution in [0.3, 0.4) is 0 Å². The highest BCUT2D eigenvalue weighted by atomic mass is 35.5. The lowest BCUT2D eigenvalue weighted by atomic mass is 9.99. The van der Waals surface area contributed by atoms with E-state index in [2.05, 4.69) is 10.3 Å². The fourth-order valence-corrected chi connectivity index (χ4v) is 5.15. The van der Waals surface area contributed by atoms with Crippen LogP contribution in [0.25, 0.3) is 11.0 Å². The Hall–Kier alpha value is -3.37. The molecule has 0 aliphatic rings. The quantitative estimate of drug-likeness (QED) is 0.268. The molecule has 2 heterocycles. The maximum absolute atomic E-state index is 13.6. The molecule has 0 saturated heterocycles. The van der Waals surface area contributed by atoms with Crippen molar-refractivity contribution in [2.24, 2.45) is 0 Å². The molecule has 0 fully saturated rings. The fourth-order valence-electron chi connectivity index (χ4n) is 4.15. The van der Waals surface area contributed by atoms with Crippen molar-refractivity contribution in [2.45, 2.75) is 44.3 Å². The zero-order valence-electron chi connectivity index (χ0n) is 20.5. The number of pyridine rings is 1.